The van der Waals surface area contributed by atoms with Crippen molar-refractivity contribution < 1.29 is 110 Å². The van der Waals surface area contributed by atoms with E-state index in [1.165, 1.54) is 4.90 Å². The summed E-state index contributed by atoms with van der Waals surface area (Å²) in [6.45, 7) is -4.78. The number of aliphatic hydroxyl groups excluding tert-OH is 15. The van der Waals surface area contributed by atoms with E-state index in [4.69, 9.17) is 39.4 Å². The highest BCUT2D eigenvalue weighted by Crippen LogP contribution is 2.12. The topological polar surface area (TPSA) is 401 Å². The van der Waals surface area contributed by atoms with Gasteiger partial charge in [0.1, 0.15) is 61.0 Å². The molecule has 24 heteroatoms. The van der Waals surface area contributed by atoms with E-state index in [0.717, 1.165) is 4.90 Å². The van der Waals surface area contributed by atoms with Gasteiger partial charge in [-0.05, 0) is 0 Å². The van der Waals surface area contributed by atoms with Crippen molar-refractivity contribution in [2.75, 3.05) is 105 Å². The number of carbonyl (C=O) groups excluding carboxylic acids is 1. The smallest absolute Gasteiger partial charge is 0.305 e. The molecule has 0 aliphatic carbocycles. The predicted octanol–water partition coefficient (Wildman–Crippen LogP) is -9.64. The van der Waals surface area contributed by atoms with Gasteiger partial charge in [-0.15, -0.1) is 0 Å². The summed E-state index contributed by atoms with van der Waals surface area (Å²) in [5, 5.41) is 156. The lowest BCUT2D eigenvalue weighted by molar-refractivity contribution is -0.141. The summed E-state index contributed by atoms with van der Waals surface area (Å²) in [6, 6.07) is 0. The largest absolute Gasteiger partial charge is 0.481 e. The fourth-order valence-electron chi connectivity index (χ4n) is 4.83. The Hall–Kier alpha value is -1.86. The summed E-state index contributed by atoms with van der Waals surface area (Å²) in [5.41, 5.74) is 0. The average molecular weight is 829 g/mol. The molecule has 0 aromatic carbocycles. The zero-order valence-corrected chi connectivity index (χ0v) is 31.2. The standard InChI is InChI=1S/C32H64N2O22/c35-16-22(41)30(50)27(47)19(38)13-33(14-20(39)28(48)31(51)23(42)17-36)3-7-55-11-9-53-5-1-25(44)34(4-8-56-12-10-54-6-2-26(45)46)15-21(40)29(49)32(52)24(43)18-37/h19-24,27-32,35-43,47-52H,1-18H2,(H,45,46)/t19-,20-,21-,22+,23+,24+,27+,28+,29+,30+,31+,32+/m0/s1. The second-order valence-corrected chi connectivity index (χ2v) is 12.8. The molecule has 0 aromatic heterocycles. The molecular formula is C32H64N2O22. The summed E-state index contributed by atoms with van der Waals surface area (Å²) in [5.74, 6) is -1.60. The summed E-state index contributed by atoms with van der Waals surface area (Å²) in [7, 11) is 0. The van der Waals surface area contributed by atoms with Gasteiger partial charge in [0.15, 0.2) is 0 Å². The summed E-state index contributed by atoms with van der Waals surface area (Å²) in [6.07, 6.45) is -22.7. The van der Waals surface area contributed by atoms with Gasteiger partial charge in [-0.1, -0.05) is 0 Å². The number of nitrogens with zero attached hydrogens (tertiary/aromatic N) is 2. The van der Waals surface area contributed by atoms with Crippen molar-refractivity contribution in [1.29, 1.82) is 0 Å². The van der Waals surface area contributed by atoms with Crippen molar-refractivity contribution in [1.82, 2.24) is 9.80 Å². The van der Waals surface area contributed by atoms with Crippen LogP contribution in [-0.2, 0) is 28.5 Å². The number of carbonyl (C=O) groups is 2. The predicted molar refractivity (Wildman–Crippen MR) is 187 cm³/mol. The van der Waals surface area contributed by atoms with Crippen LogP contribution in [0.15, 0.2) is 0 Å². The zero-order chi connectivity index (χ0) is 42.8. The third kappa shape index (κ3) is 22.3. The summed E-state index contributed by atoms with van der Waals surface area (Å²) >= 11 is 0. The molecule has 24 nitrogen and oxygen atoms in total. The molecule has 56 heavy (non-hydrogen) atoms. The molecule has 16 N–H and O–H groups in total. The van der Waals surface area contributed by atoms with E-state index in [0.29, 0.717) is 0 Å². The third-order valence-electron chi connectivity index (χ3n) is 8.35. The molecule has 0 unspecified atom stereocenters. The first kappa shape index (κ1) is 54.1. The van der Waals surface area contributed by atoms with Crippen molar-refractivity contribution in [3.8, 4) is 0 Å². The van der Waals surface area contributed by atoms with Crippen LogP contribution < -0.4 is 0 Å². The normalized spacial score (nSPS) is 18.6. The molecule has 0 radical (unpaired) electrons. The number of carboxylic acid groups (broad SMARTS) is 1. The fourth-order valence-corrected chi connectivity index (χ4v) is 4.83. The number of aliphatic carboxylic acids is 1. The number of rotatable bonds is 36. The fraction of sp³-hybridized carbons (Fsp3) is 0.938. The molecule has 0 heterocycles. The van der Waals surface area contributed by atoms with Crippen LogP contribution in [0, 0.1) is 0 Å². The zero-order valence-electron chi connectivity index (χ0n) is 31.2. The number of carboxylic acids is 1. The quantitative estimate of drug-likeness (QED) is 0.0261. The van der Waals surface area contributed by atoms with Gasteiger partial charge in [0.25, 0.3) is 0 Å². The Kier molecular flexibility index (Phi) is 30.1. The van der Waals surface area contributed by atoms with E-state index in [-0.39, 0.29) is 78.8 Å². The lowest BCUT2D eigenvalue weighted by Gasteiger charge is -2.33. The Balaban J connectivity index is 5.12. The SMILES string of the molecule is O=C(O)CCOCCOCCN(C[C@H](O)[C@@H](O)[C@H](O)[C@H](O)CO)C(=O)CCOCCOCCN(C[C@H](O)[C@@H](O)[C@H](O)[C@H](O)CO)C[C@H](O)[C@@H](O)[C@H](O)[C@H](O)CO. The van der Waals surface area contributed by atoms with Gasteiger partial charge in [-0.25, -0.2) is 0 Å². The van der Waals surface area contributed by atoms with Crippen molar-refractivity contribution in [3.63, 3.8) is 0 Å². The molecule has 0 saturated carbocycles. The molecule has 0 bridgehead atoms. The van der Waals surface area contributed by atoms with Crippen molar-refractivity contribution in [2.24, 2.45) is 0 Å². The second-order valence-electron chi connectivity index (χ2n) is 12.8. The van der Waals surface area contributed by atoms with Crippen LogP contribution in [0.3, 0.4) is 0 Å². The van der Waals surface area contributed by atoms with Crippen LogP contribution in [0.4, 0.5) is 0 Å². The molecule has 0 fully saturated rings. The maximum Gasteiger partial charge on any atom is 0.305 e. The highest BCUT2D eigenvalue weighted by Gasteiger charge is 2.35. The Morgan fingerprint density at radius 2 is 0.732 bits per heavy atom. The minimum absolute atomic E-state index is 0.0287. The van der Waals surface area contributed by atoms with Gasteiger partial charge < -0.3 is 106 Å². The van der Waals surface area contributed by atoms with E-state index in [1.807, 2.05) is 0 Å². The first-order chi connectivity index (χ1) is 26.4. The van der Waals surface area contributed by atoms with E-state index >= 15 is 0 Å². The Bertz CT molecular complexity index is 977. The average Bonchev–Trinajstić information content (AvgIpc) is 3.18. The number of hydrogen-bond acceptors (Lipinski definition) is 22. The van der Waals surface area contributed by atoms with E-state index in [1.54, 1.807) is 0 Å². The molecule has 0 rings (SSSR count). The van der Waals surface area contributed by atoms with Crippen LogP contribution in [0.25, 0.3) is 0 Å². The van der Waals surface area contributed by atoms with Crippen molar-refractivity contribution >= 4 is 11.9 Å². The van der Waals surface area contributed by atoms with Crippen molar-refractivity contribution in [3.05, 3.63) is 0 Å². The summed E-state index contributed by atoms with van der Waals surface area (Å²) in [4.78, 5) is 25.9. The van der Waals surface area contributed by atoms with Crippen molar-refractivity contribution in [2.45, 2.75) is 86.1 Å². The Morgan fingerprint density at radius 1 is 0.411 bits per heavy atom. The number of ether oxygens (including phenoxy) is 4. The first-order valence-corrected chi connectivity index (χ1v) is 17.9. The number of amides is 1. The molecular weight excluding hydrogens is 764 g/mol. The third-order valence-corrected chi connectivity index (χ3v) is 8.35. The highest BCUT2D eigenvalue weighted by molar-refractivity contribution is 5.76. The van der Waals surface area contributed by atoms with E-state index in [9.17, 15) is 70.9 Å². The lowest BCUT2D eigenvalue weighted by atomic mass is 10.0. The van der Waals surface area contributed by atoms with Gasteiger partial charge in [0, 0.05) is 32.7 Å². The molecule has 12 atom stereocenters. The van der Waals surface area contributed by atoms with E-state index in [2.05, 4.69) is 0 Å². The molecule has 0 spiro atoms. The summed E-state index contributed by atoms with van der Waals surface area (Å²) < 4.78 is 21.4. The first-order valence-electron chi connectivity index (χ1n) is 17.9. The molecule has 334 valence electrons. The van der Waals surface area contributed by atoms with Crippen LogP contribution in [0.1, 0.15) is 12.8 Å². The van der Waals surface area contributed by atoms with Gasteiger partial charge in [0.05, 0.1) is 97.7 Å². The van der Waals surface area contributed by atoms with Gasteiger partial charge in [-0.3, -0.25) is 14.5 Å². The number of hydrogen-bond donors (Lipinski definition) is 16. The molecule has 0 aromatic rings. The maximum atomic E-state index is 13.0. The Labute approximate surface area is 323 Å². The van der Waals surface area contributed by atoms with Gasteiger partial charge >= 0.3 is 5.97 Å². The van der Waals surface area contributed by atoms with Gasteiger partial charge in [-0.2, -0.15) is 0 Å². The monoisotopic (exact) mass is 828 g/mol. The highest BCUT2D eigenvalue weighted by atomic mass is 16.5. The molecule has 0 aliphatic heterocycles. The molecule has 1 amide bonds. The number of aliphatic hydroxyl groups is 15. The minimum Gasteiger partial charge on any atom is -0.481 e. The maximum absolute atomic E-state index is 13.0. The minimum atomic E-state index is -1.96. The van der Waals surface area contributed by atoms with Crippen LogP contribution >= 0.6 is 0 Å². The second kappa shape index (κ2) is 31.1. The van der Waals surface area contributed by atoms with E-state index < -0.39 is 125 Å². The van der Waals surface area contributed by atoms with Crippen LogP contribution in [0.5, 0.6) is 0 Å². The van der Waals surface area contributed by atoms with Crippen LogP contribution in [-0.4, -0.2) is 282 Å². The lowest BCUT2D eigenvalue weighted by Crippen LogP contribution is -2.53. The molecule has 0 aliphatic rings. The van der Waals surface area contributed by atoms with Gasteiger partial charge in [0.2, 0.25) is 5.91 Å². The Morgan fingerprint density at radius 3 is 1.11 bits per heavy atom. The molecule has 0 saturated heterocycles. The van der Waals surface area contributed by atoms with Crippen LogP contribution in [0.2, 0.25) is 0 Å².